The summed E-state index contributed by atoms with van der Waals surface area (Å²) in [5.41, 5.74) is 1.86. The number of hydrogen-bond donors (Lipinski definition) is 1. The lowest BCUT2D eigenvalue weighted by molar-refractivity contribution is 0.415. The van der Waals surface area contributed by atoms with Crippen LogP contribution in [-0.2, 0) is 0 Å². The quantitative estimate of drug-likeness (QED) is 0.903. The third-order valence-corrected chi connectivity index (χ3v) is 2.76. The normalized spacial score (nSPS) is 10.1. The van der Waals surface area contributed by atoms with Crippen LogP contribution in [0.3, 0.4) is 0 Å². The molecule has 0 aliphatic heterocycles. The van der Waals surface area contributed by atoms with E-state index in [-0.39, 0.29) is 0 Å². The van der Waals surface area contributed by atoms with Crippen LogP contribution in [0.15, 0.2) is 36.4 Å². The zero-order chi connectivity index (χ0) is 12.3. The minimum absolute atomic E-state index is 0.598. The summed E-state index contributed by atoms with van der Waals surface area (Å²) in [6, 6.07) is 11.4. The molecule has 0 radical (unpaired) electrons. The van der Waals surface area contributed by atoms with Gasteiger partial charge in [-0.25, -0.2) is 4.98 Å². The van der Waals surface area contributed by atoms with Crippen molar-refractivity contribution in [2.45, 2.75) is 0 Å². The largest absolute Gasteiger partial charge is 0.495 e. The second-order valence-electron chi connectivity index (χ2n) is 3.51. The van der Waals surface area contributed by atoms with Crippen molar-refractivity contribution in [1.82, 2.24) is 4.98 Å². The minimum atomic E-state index is 0.598. The number of nitrogens with one attached hydrogen (secondary N) is 1. The third kappa shape index (κ3) is 2.50. The Morgan fingerprint density at radius 2 is 2.06 bits per heavy atom. The number of ether oxygens (including phenoxy) is 1. The molecule has 1 aromatic heterocycles. The van der Waals surface area contributed by atoms with E-state index in [9.17, 15) is 0 Å². The molecule has 0 aliphatic rings. The first-order valence-corrected chi connectivity index (χ1v) is 5.61. The third-order valence-electron chi connectivity index (χ3n) is 2.45. The van der Waals surface area contributed by atoms with Gasteiger partial charge in [0.05, 0.1) is 17.8 Å². The average Bonchev–Trinajstić information content (AvgIpc) is 2.39. The summed E-state index contributed by atoms with van der Waals surface area (Å²) in [6.45, 7) is 0. The van der Waals surface area contributed by atoms with Crippen LogP contribution in [0.1, 0.15) is 0 Å². The van der Waals surface area contributed by atoms with Crippen molar-refractivity contribution in [2.75, 3.05) is 19.5 Å². The van der Waals surface area contributed by atoms with Crippen molar-refractivity contribution >= 4 is 17.4 Å². The van der Waals surface area contributed by atoms with Gasteiger partial charge in [-0.2, -0.15) is 0 Å². The van der Waals surface area contributed by atoms with Gasteiger partial charge in [0.15, 0.2) is 0 Å². The molecule has 88 valence electrons. The van der Waals surface area contributed by atoms with Crippen molar-refractivity contribution in [3.05, 3.63) is 41.4 Å². The lowest BCUT2D eigenvalue weighted by Crippen LogP contribution is -1.93. The van der Waals surface area contributed by atoms with E-state index in [1.54, 1.807) is 7.11 Å². The van der Waals surface area contributed by atoms with E-state index >= 15 is 0 Å². The summed E-state index contributed by atoms with van der Waals surface area (Å²) in [5.74, 6) is 1.48. The maximum atomic E-state index is 5.98. The van der Waals surface area contributed by atoms with Crippen LogP contribution in [-0.4, -0.2) is 19.1 Å². The molecule has 2 aromatic rings. The Morgan fingerprint density at radius 3 is 2.76 bits per heavy atom. The van der Waals surface area contributed by atoms with Crippen molar-refractivity contribution in [1.29, 1.82) is 0 Å². The second kappa shape index (κ2) is 5.06. The molecule has 2 rings (SSSR count). The Balaban J connectivity index is 2.45. The zero-order valence-electron chi connectivity index (χ0n) is 9.70. The Hall–Kier alpha value is -1.74. The molecule has 0 saturated carbocycles. The van der Waals surface area contributed by atoms with Gasteiger partial charge in [0.1, 0.15) is 11.6 Å². The smallest absolute Gasteiger partial charge is 0.138 e. The molecule has 0 spiro atoms. The Kier molecular flexibility index (Phi) is 3.49. The van der Waals surface area contributed by atoms with Gasteiger partial charge < -0.3 is 10.1 Å². The molecule has 4 heteroatoms. The lowest BCUT2D eigenvalue weighted by Gasteiger charge is -2.07. The molecule has 1 N–H and O–H groups in total. The molecule has 0 unspecified atom stereocenters. The maximum Gasteiger partial charge on any atom is 0.138 e. The Morgan fingerprint density at radius 1 is 1.24 bits per heavy atom. The van der Waals surface area contributed by atoms with Gasteiger partial charge in [0.25, 0.3) is 0 Å². The number of pyridine rings is 1. The Labute approximate surface area is 105 Å². The highest BCUT2D eigenvalue weighted by molar-refractivity contribution is 6.32. The topological polar surface area (TPSA) is 34.1 Å². The standard InChI is InChI=1S/C13H13ClN2O/c1-15-13-5-3-4-11(16-13)9-6-7-10(14)12(8-9)17-2/h3-8H,1-2H3,(H,15,16). The SMILES string of the molecule is CNc1cccc(-c2ccc(Cl)c(OC)c2)n1. The van der Waals surface area contributed by atoms with Crippen LogP contribution in [0.5, 0.6) is 5.75 Å². The monoisotopic (exact) mass is 248 g/mol. The molecule has 0 aliphatic carbocycles. The molecule has 0 bridgehead atoms. The predicted molar refractivity (Wildman–Crippen MR) is 70.8 cm³/mol. The summed E-state index contributed by atoms with van der Waals surface area (Å²) in [6.07, 6.45) is 0. The zero-order valence-corrected chi connectivity index (χ0v) is 10.5. The Bertz CT molecular complexity index is 529. The minimum Gasteiger partial charge on any atom is -0.495 e. The van der Waals surface area contributed by atoms with Crippen molar-refractivity contribution < 1.29 is 4.74 Å². The number of hydrogen-bond acceptors (Lipinski definition) is 3. The molecule has 3 nitrogen and oxygen atoms in total. The second-order valence-corrected chi connectivity index (χ2v) is 3.91. The number of benzene rings is 1. The van der Waals surface area contributed by atoms with Crippen molar-refractivity contribution in [3.8, 4) is 17.0 Å². The molecule has 1 aromatic carbocycles. The first kappa shape index (κ1) is 11.7. The number of anilines is 1. The van der Waals surface area contributed by atoms with Crippen LogP contribution >= 0.6 is 11.6 Å². The van der Waals surface area contributed by atoms with Crippen molar-refractivity contribution in [3.63, 3.8) is 0 Å². The van der Waals surface area contributed by atoms with Crippen LogP contribution in [0.2, 0.25) is 5.02 Å². The van der Waals surface area contributed by atoms with E-state index in [4.69, 9.17) is 16.3 Å². The fourth-order valence-corrected chi connectivity index (χ4v) is 1.75. The van der Waals surface area contributed by atoms with Crippen LogP contribution in [0.25, 0.3) is 11.3 Å². The highest BCUT2D eigenvalue weighted by atomic mass is 35.5. The highest BCUT2D eigenvalue weighted by Crippen LogP contribution is 2.29. The summed E-state index contributed by atoms with van der Waals surface area (Å²) >= 11 is 5.98. The number of methoxy groups -OCH3 is 1. The molecular formula is C13H13ClN2O. The molecule has 0 atom stereocenters. The summed E-state index contributed by atoms with van der Waals surface area (Å²) in [4.78, 5) is 4.46. The molecule has 1 heterocycles. The molecule has 0 fully saturated rings. The van der Waals surface area contributed by atoms with Crippen LogP contribution in [0.4, 0.5) is 5.82 Å². The predicted octanol–water partition coefficient (Wildman–Crippen LogP) is 3.45. The average molecular weight is 249 g/mol. The van der Waals surface area contributed by atoms with E-state index in [0.717, 1.165) is 17.1 Å². The van der Waals surface area contributed by atoms with Gasteiger partial charge in [-0.3, -0.25) is 0 Å². The summed E-state index contributed by atoms with van der Waals surface area (Å²) in [5, 5.41) is 3.61. The maximum absolute atomic E-state index is 5.98. The van der Waals surface area contributed by atoms with E-state index in [0.29, 0.717) is 10.8 Å². The van der Waals surface area contributed by atoms with E-state index in [2.05, 4.69) is 10.3 Å². The first-order valence-electron chi connectivity index (χ1n) is 5.23. The van der Waals surface area contributed by atoms with Gasteiger partial charge in [-0.15, -0.1) is 0 Å². The number of rotatable bonds is 3. The van der Waals surface area contributed by atoms with Gasteiger partial charge in [0, 0.05) is 12.6 Å². The first-order chi connectivity index (χ1) is 8.24. The van der Waals surface area contributed by atoms with E-state index in [1.807, 2.05) is 43.4 Å². The van der Waals surface area contributed by atoms with E-state index < -0.39 is 0 Å². The molecule has 17 heavy (non-hydrogen) atoms. The molecule has 0 saturated heterocycles. The lowest BCUT2D eigenvalue weighted by atomic mass is 10.1. The van der Waals surface area contributed by atoms with Crippen molar-refractivity contribution in [2.24, 2.45) is 0 Å². The molecular weight excluding hydrogens is 236 g/mol. The van der Waals surface area contributed by atoms with Gasteiger partial charge >= 0.3 is 0 Å². The van der Waals surface area contributed by atoms with Crippen LogP contribution < -0.4 is 10.1 Å². The highest BCUT2D eigenvalue weighted by Gasteiger charge is 2.05. The number of halogens is 1. The van der Waals surface area contributed by atoms with Gasteiger partial charge in [-0.05, 0) is 24.3 Å². The fourth-order valence-electron chi connectivity index (χ4n) is 1.55. The fraction of sp³-hybridized carbons (Fsp3) is 0.154. The number of aromatic nitrogens is 1. The summed E-state index contributed by atoms with van der Waals surface area (Å²) < 4.78 is 5.19. The number of nitrogens with zero attached hydrogens (tertiary/aromatic N) is 1. The van der Waals surface area contributed by atoms with E-state index in [1.165, 1.54) is 0 Å². The van der Waals surface area contributed by atoms with Gasteiger partial charge in [-0.1, -0.05) is 23.7 Å². The molecule has 0 amide bonds. The summed E-state index contributed by atoms with van der Waals surface area (Å²) in [7, 11) is 3.44. The van der Waals surface area contributed by atoms with Crippen LogP contribution in [0, 0.1) is 0 Å². The van der Waals surface area contributed by atoms with Gasteiger partial charge in [0.2, 0.25) is 0 Å².